The molecule has 2 aromatic rings. The van der Waals surface area contributed by atoms with E-state index >= 15 is 0 Å². The molecule has 0 radical (unpaired) electrons. The lowest BCUT2D eigenvalue weighted by atomic mass is 10.2. The molecule has 1 heterocycles. The van der Waals surface area contributed by atoms with E-state index in [0.29, 0.717) is 6.54 Å². The second kappa shape index (κ2) is 6.39. The third-order valence-electron chi connectivity index (χ3n) is 3.08. The summed E-state index contributed by atoms with van der Waals surface area (Å²) >= 11 is 1.68. The highest BCUT2D eigenvalue weighted by Crippen LogP contribution is 2.17. The second-order valence-corrected chi connectivity index (χ2v) is 5.72. The maximum absolute atomic E-state index is 12.0. The van der Waals surface area contributed by atoms with Crippen molar-refractivity contribution in [1.82, 2.24) is 4.90 Å². The van der Waals surface area contributed by atoms with Crippen molar-refractivity contribution < 1.29 is 4.79 Å². The van der Waals surface area contributed by atoms with E-state index in [0.717, 1.165) is 11.3 Å². The standard InChI is InChI=1S/C16H18N2OS/c1-12-9-10-20-15(12)11-18(2)16(19)8-5-13-3-6-14(17)7-4-13/h3-10H,11,17H2,1-2H3/b8-5+. The number of hydrogen-bond donors (Lipinski definition) is 1. The van der Waals surface area contributed by atoms with Crippen molar-refractivity contribution in [2.24, 2.45) is 0 Å². The number of nitrogen functional groups attached to an aromatic ring is 1. The van der Waals surface area contributed by atoms with Gasteiger partial charge in [-0.3, -0.25) is 4.79 Å². The highest BCUT2D eigenvalue weighted by atomic mass is 32.1. The Hall–Kier alpha value is -2.07. The zero-order chi connectivity index (χ0) is 14.5. The Labute approximate surface area is 123 Å². The topological polar surface area (TPSA) is 46.3 Å². The van der Waals surface area contributed by atoms with E-state index in [1.807, 2.05) is 36.7 Å². The number of amides is 1. The van der Waals surface area contributed by atoms with Crippen molar-refractivity contribution in [3.8, 4) is 0 Å². The molecule has 0 aliphatic carbocycles. The van der Waals surface area contributed by atoms with Crippen LogP contribution in [0, 0.1) is 6.92 Å². The molecule has 0 fully saturated rings. The number of hydrogen-bond acceptors (Lipinski definition) is 3. The molecule has 0 unspecified atom stereocenters. The molecule has 1 aromatic carbocycles. The highest BCUT2D eigenvalue weighted by Gasteiger charge is 2.08. The van der Waals surface area contributed by atoms with Crippen molar-refractivity contribution in [1.29, 1.82) is 0 Å². The number of aryl methyl sites for hydroxylation is 1. The van der Waals surface area contributed by atoms with Crippen LogP contribution >= 0.6 is 11.3 Å². The molecule has 0 saturated carbocycles. The van der Waals surface area contributed by atoms with Crippen LogP contribution in [0.5, 0.6) is 0 Å². The number of carbonyl (C=O) groups is 1. The van der Waals surface area contributed by atoms with Gasteiger partial charge in [0.05, 0.1) is 6.54 Å². The summed E-state index contributed by atoms with van der Waals surface area (Å²) in [6.45, 7) is 2.71. The average Bonchev–Trinajstić information content (AvgIpc) is 2.83. The van der Waals surface area contributed by atoms with Gasteiger partial charge in [-0.05, 0) is 47.7 Å². The van der Waals surface area contributed by atoms with E-state index in [4.69, 9.17) is 5.73 Å². The minimum Gasteiger partial charge on any atom is -0.399 e. The zero-order valence-corrected chi connectivity index (χ0v) is 12.5. The molecule has 0 saturated heterocycles. The van der Waals surface area contributed by atoms with Gasteiger partial charge in [-0.25, -0.2) is 0 Å². The van der Waals surface area contributed by atoms with Gasteiger partial charge in [-0.2, -0.15) is 0 Å². The van der Waals surface area contributed by atoms with Crippen molar-refractivity contribution in [2.45, 2.75) is 13.5 Å². The minimum absolute atomic E-state index is 0.00498. The van der Waals surface area contributed by atoms with Crippen LogP contribution in [0.2, 0.25) is 0 Å². The summed E-state index contributed by atoms with van der Waals surface area (Å²) in [7, 11) is 1.81. The van der Waals surface area contributed by atoms with Crippen molar-refractivity contribution in [2.75, 3.05) is 12.8 Å². The summed E-state index contributed by atoms with van der Waals surface area (Å²) in [5, 5.41) is 2.05. The number of thiophene rings is 1. The van der Waals surface area contributed by atoms with E-state index in [1.165, 1.54) is 10.4 Å². The lowest BCUT2D eigenvalue weighted by molar-refractivity contribution is -0.125. The molecular weight excluding hydrogens is 268 g/mol. The Kier molecular flexibility index (Phi) is 4.58. The molecule has 104 valence electrons. The summed E-state index contributed by atoms with van der Waals surface area (Å²) < 4.78 is 0. The van der Waals surface area contributed by atoms with E-state index in [1.54, 1.807) is 28.4 Å². The predicted octanol–water partition coefficient (Wildman–Crippen LogP) is 3.31. The van der Waals surface area contributed by atoms with Crippen LogP contribution in [0.25, 0.3) is 6.08 Å². The van der Waals surface area contributed by atoms with Gasteiger partial charge in [0.2, 0.25) is 5.91 Å². The number of nitrogens with zero attached hydrogens (tertiary/aromatic N) is 1. The monoisotopic (exact) mass is 286 g/mol. The smallest absolute Gasteiger partial charge is 0.246 e. The molecular formula is C16H18N2OS. The van der Waals surface area contributed by atoms with Gasteiger partial charge >= 0.3 is 0 Å². The lowest BCUT2D eigenvalue weighted by Crippen LogP contribution is -2.23. The number of benzene rings is 1. The van der Waals surface area contributed by atoms with Crippen LogP contribution in [0.15, 0.2) is 41.8 Å². The van der Waals surface area contributed by atoms with Gasteiger partial charge < -0.3 is 10.6 Å². The van der Waals surface area contributed by atoms with Gasteiger partial charge in [-0.15, -0.1) is 11.3 Å². The van der Waals surface area contributed by atoms with Gasteiger partial charge in [0.15, 0.2) is 0 Å². The van der Waals surface area contributed by atoms with Crippen LogP contribution in [0.4, 0.5) is 5.69 Å². The largest absolute Gasteiger partial charge is 0.399 e. The molecule has 0 bridgehead atoms. The molecule has 2 rings (SSSR count). The third kappa shape index (κ3) is 3.71. The molecule has 1 aromatic heterocycles. The van der Waals surface area contributed by atoms with E-state index in [-0.39, 0.29) is 5.91 Å². The fraction of sp³-hybridized carbons (Fsp3) is 0.188. The van der Waals surface area contributed by atoms with Gasteiger partial charge in [0, 0.05) is 23.7 Å². The first-order chi connectivity index (χ1) is 9.56. The molecule has 20 heavy (non-hydrogen) atoms. The third-order valence-corrected chi connectivity index (χ3v) is 4.09. The molecule has 0 aliphatic heterocycles. The first kappa shape index (κ1) is 14.3. The van der Waals surface area contributed by atoms with Crippen LogP contribution in [0.1, 0.15) is 16.0 Å². The number of nitrogens with two attached hydrogens (primary N) is 1. The molecule has 0 spiro atoms. The fourth-order valence-corrected chi connectivity index (χ4v) is 2.72. The average molecular weight is 286 g/mol. The lowest BCUT2D eigenvalue weighted by Gasteiger charge is -2.14. The van der Waals surface area contributed by atoms with Crippen LogP contribution in [0.3, 0.4) is 0 Å². The Morgan fingerprint density at radius 3 is 2.60 bits per heavy atom. The van der Waals surface area contributed by atoms with E-state index in [2.05, 4.69) is 13.0 Å². The maximum Gasteiger partial charge on any atom is 0.246 e. The number of carbonyl (C=O) groups excluding carboxylic acids is 1. The molecule has 3 nitrogen and oxygen atoms in total. The minimum atomic E-state index is -0.00498. The number of anilines is 1. The summed E-state index contributed by atoms with van der Waals surface area (Å²) in [6.07, 6.45) is 3.40. The van der Waals surface area contributed by atoms with Gasteiger partial charge in [-0.1, -0.05) is 12.1 Å². The first-order valence-corrected chi connectivity index (χ1v) is 7.26. The Balaban J connectivity index is 1.97. The summed E-state index contributed by atoms with van der Waals surface area (Å²) in [6, 6.07) is 9.50. The van der Waals surface area contributed by atoms with Crippen molar-refractivity contribution in [3.63, 3.8) is 0 Å². The van der Waals surface area contributed by atoms with Gasteiger partial charge in [0.25, 0.3) is 0 Å². The Morgan fingerprint density at radius 1 is 1.30 bits per heavy atom. The van der Waals surface area contributed by atoms with Crippen LogP contribution in [-0.4, -0.2) is 17.9 Å². The first-order valence-electron chi connectivity index (χ1n) is 6.38. The Bertz CT molecular complexity index is 614. The van der Waals surface area contributed by atoms with E-state index in [9.17, 15) is 4.79 Å². The Morgan fingerprint density at radius 2 is 2.00 bits per heavy atom. The summed E-state index contributed by atoms with van der Waals surface area (Å²) in [5.41, 5.74) is 8.54. The number of rotatable bonds is 4. The molecule has 4 heteroatoms. The van der Waals surface area contributed by atoms with Crippen LogP contribution in [-0.2, 0) is 11.3 Å². The summed E-state index contributed by atoms with van der Waals surface area (Å²) in [5.74, 6) is -0.00498. The molecule has 1 amide bonds. The highest BCUT2D eigenvalue weighted by molar-refractivity contribution is 7.10. The second-order valence-electron chi connectivity index (χ2n) is 4.72. The predicted molar refractivity (Wildman–Crippen MR) is 85.4 cm³/mol. The molecule has 2 N–H and O–H groups in total. The van der Waals surface area contributed by atoms with Gasteiger partial charge in [0.1, 0.15) is 0 Å². The van der Waals surface area contributed by atoms with Crippen LogP contribution < -0.4 is 5.73 Å². The van der Waals surface area contributed by atoms with E-state index < -0.39 is 0 Å². The molecule has 0 atom stereocenters. The van der Waals surface area contributed by atoms with Crippen molar-refractivity contribution >= 4 is 29.0 Å². The van der Waals surface area contributed by atoms with Crippen molar-refractivity contribution in [3.05, 3.63) is 57.8 Å². The quantitative estimate of drug-likeness (QED) is 0.692. The maximum atomic E-state index is 12.0. The SMILES string of the molecule is Cc1ccsc1CN(C)C(=O)/C=C/c1ccc(N)cc1. The zero-order valence-electron chi connectivity index (χ0n) is 11.7. The fourth-order valence-electron chi connectivity index (χ4n) is 1.76. The number of likely N-dealkylation sites (N-methyl/N-ethyl adjacent to an activating group) is 1. The normalized spacial score (nSPS) is 10.9. The molecule has 0 aliphatic rings. The summed E-state index contributed by atoms with van der Waals surface area (Å²) in [4.78, 5) is 15.0.